The SMILES string of the molecule is CC(C)C1=Nc2cc(C(C)C)ncc2C1. The largest absolute Gasteiger partial charge is 0.261 e. The van der Waals surface area contributed by atoms with E-state index in [9.17, 15) is 0 Å². The van der Waals surface area contributed by atoms with Crippen molar-refractivity contribution in [3.8, 4) is 0 Å². The van der Waals surface area contributed by atoms with Gasteiger partial charge in [-0.1, -0.05) is 27.7 Å². The van der Waals surface area contributed by atoms with Crippen LogP contribution in [0.2, 0.25) is 0 Å². The molecule has 0 bridgehead atoms. The number of hydrogen-bond donors (Lipinski definition) is 0. The van der Waals surface area contributed by atoms with E-state index in [0.717, 1.165) is 17.8 Å². The van der Waals surface area contributed by atoms with Crippen molar-refractivity contribution in [3.63, 3.8) is 0 Å². The monoisotopic (exact) mass is 202 g/mol. The van der Waals surface area contributed by atoms with Gasteiger partial charge in [0.2, 0.25) is 0 Å². The summed E-state index contributed by atoms with van der Waals surface area (Å²) in [6, 6.07) is 2.13. The summed E-state index contributed by atoms with van der Waals surface area (Å²) in [4.78, 5) is 9.14. The number of nitrogens with zero attached hydrogens (tertiary/aromatic N) is 2. The van der Waals surface area contributed by atoms with Crippen LogP contribution in [0.4, 0.5) is 5.69 Å². The summed E-state index contributed by atoms with van der Waals surface area (Å²) in [5, 5.41) is 0. The Hall–Kier alpha value is -1.18. The normalized spacial score (nSPS) is 14.7. The van der Waals surface area contributed by atoms with Gasteiger partial charge < -0.3 is 0 Å². The topological polar surface area (TPSA) is 25.2 Å². The molecule has 0 spiro atoms. The van der Waals surface area contributed by atoms with Crippen molar-refractivity contribution >= 4 is 11.4 Å². The molecule has 2 nitrogen and oxygen atoms in total. The van der Waals surface area contributed by atoms with Gasteiger partial charge in [0.25, 0.3) is 0 Å². The molecule has 80 valence electrons. The predicted octanol–water partition coefficient (Wildman–Crippen LogP) is 3.49. The summed E-state index contributed by atoms with van der Waals surface area (Å²) in [6.45, 7) is 8.72. The van der Waals surface area contributed by atoms with Gasteiger partial charge in [-0.2, -0.15) is 0 Å². The highest BCUT2D eigenvalue weighted by Gasteiger charge is 2.18. The number of hydrogen-bond acceptors (Lipinski definition) is 2. The molecule has 1 aromatic heterocycles. The van der Waals surface area contributed by atoms with Crippen molar-refractivity contribution < 1.29 is 0 Å². The van der Waals surface area contributed by atoms with Gasteiger partial charge in [0.05, 0.1) is 5.69 Å². The molecular formula is C13H18N2. The fraction of sp³-hybridized carbons (Fsp3) is 0.538. The van der Waals surface area contributed by atoms with Crippen LogP contribution in [-0.2, 0) is 6.42 Å². The highest BCUT2D eigenvalue weighted by Crippen LogP contribution is 2.30. The van der Waals surface area contributed by atoms with Gasteiger partial charge in [-0.15, -0.1) is 0 Å². The highest BCUT2D eigenvalue weighted by atomic mass is 14.8. The summed E-state index contributed by atoms with van der Waals surface area (Å²) in [7, 11) is 0. The summed E-state index contributed by atoms with van der Waals surface area (Å²) >= 11 is 0. The zero-order valence-electron chi connectivity index (χ0n) is 9.91. The third-order valence-corrected chi connectivity index (χ3v) is 2.88. The Kier molecular flexibility index (Phi) is 2.59. The van der Waals surface area contributed by atoms with Crippen molar-refractivity contribution in [1.29, 1.82) is 0 Å². The molecule has 0 fully saturated rings. The Morgan fingerprint density at radius 2 is 1.87 bits per heavy atom. The molecule has 1 aliphatic heterocycles. The fourth-order valence-electron chi connectivity index (χ4n) is 1.77. The van der Waals surface area contributed by atoms with Crippen LogP contribution in [-0.4, -0.2) is 10.7 Å². The molecule has 2 heteroatoms. The number of fused-ring (bicyclic) bond motifs is 1. The lowest BCUT2D eigenvalue weighted by Crippen LogP contribution is -2.06. The van der Waals surface area contributed by atoms with Crippen molar-refractivity contribution in [2.24, 2.45) is 10.9 Å². The van der Waals surface area contributed by atoms with Crippen LogP contribution in [0.1, 0.15) is 44.9 Å². The number of aromatic nitrogens is 1. The molecule has 0 atom stereocenters. The van der Waals surface area contributed by atoms with Crippen LogP contribution in [0.15, 0.2) is 17.3 Å². The molecule has 15 heavy (non-hydrogen) atoms. The molecule has 0 radical (unpaired) electrons. The van der Waals surface area contributed by atoms with Gasteiger partial charge in [-0.3, -0.25) is 9.98 Å². The molecule has 1 aromatic rings. The lowest BCUT2D eigenvalue weighted by Gasteiger charge is -2.05. The standard InChI is InChI=1S/C13H18N2/c1-8(2)11-6-13-10(7-14-11)5-12(15-13)9(3)4/h6-9H,5H2,1-4H3. The van der Waals surface area contributed by atoms with Crippen LogP contribution >= 0.6 is 0 Å². The summed E-state index contributed by atoms with van der Waals surface area (Å²) in [5.74, 6) is 1.02. The maximum atomic E-state index is 4.67. The van der Waals surface area contributed by atoms with E-state index >= 15 is 0 Å². The third kappa shape index (κ3) is 1.94. The minimum Gasteiger partial charge on any atom is -0.261 e. The molecule has 0 saturated heterocycles. The molecule has 0 N–H and O–H groups in total. The lowest BCUT2D eigenvalue weighted by atomic mass is 10.0. The molecule has 0 saturated carbocycles. The first kappa shape index (κ1) is 10.3. The van der Waals surface area contributed by atoms with E-state index in [2.05, 4.69) is 43.7 Å². The molecule has 1 aliphatic rings. The molecule has 0 aromatic carbocycles. The van der Waals surface area contributed by atoms with Crippen molar-refractivity contribution in [2.75, 3.05) is 0 Å². The van der Waals surface area contributed by atoms with E-state index in [1.807, 2.05) is 6.20 Å². The van der Waals surface area contributed by atoms with E-state index < -0.39 is 0 Å². The van der Waals surface area contributed by atoms with Crippen LogP contribution in [0.25, 0.3) is 0 Å². The summed E-state index contributed by atoms with van der Waals surface area (Å²) < 4.78 is 0. The maximum Gasteiger partial charge on any atom is 0.0698 e. The van der Waals surface area contributed by atoms with E-state index in [0.29, 0.717) is 11.8 Å². The van der Waals surface area contributed by atoms with Gasteiger partial charge >= 0.3 is 0 Å². The van der Waals surface area contributed by atoms with Gasteiger partial charge in [0.15, 0.2) is 0 Å². The quantitative estimate of drug-likeness (QED) is 0.720. The summed E-state index contributed by atoms with van der Waals surface area (Å²) in [5.41, 5.74) is 4.84. The highest BCUT2D eigenvalue weighted by molar-refractivity contribution is 5.95. The molecule has 2 heterocycles. The lowest BCUT2D eigenvalue weighted by molar-refractivity contribution is 0.821. The van der Waals surface area contributed by atoms with Gasteiger partial charge in [-0.05, 0) is 17.9 Å². The Labute approximate surface area is 91.5 Å². The van der Waals surface area contributed by atoms with Crippen molar-refractivity contribution in [1.82, 2.24) is 4.98 Å². The summed E-state index contributed by atoms with van der Waals surface area (Å²) in [6.07, 6.45) is 2.97. The third-order valence-electron chi connectivity index (χ3n) is 2.88. The molecule has 0 aliphatic carbocycles. The van der Waals surface area contributed by atoms with Crippen LogP contribution in [0.5, 0.6) is 0 Å². The Morgan fingerprint density at radius 3 is 2.47 bits per heavy atom. The Bertz CT molecular complexity index is 403. The van der Waals surface area contributed by atoms with Gasteiger partial charge in [-0.25, -0.2) is 0 Å². The van der Waals surface area contributed by atoms with Gasteiger partial charge in [0.1, 0.15) is 0 Å². The number of pyridine rings is 1. The molecule has 0 unspecified atom stereocenters. The van der Waals surface area contributed by atoms with E-state index in [1.165, 1.54) is 11.3 Å². The predicted molar refractivity (Wildman–Crippen MR) is 64.0 cm³/mol. The average Bonchev–Trinajstić information content (AvgIpc) is 2.59. The zero-order chi connectivity index (χ0) is 11.0. The Balaban J connectivity index is 2.34. The second-order valence-electron chi connectivity index (χ2n) is 4.83. The first-order valence-electron chi connectivity index (χ1n) is 5.64. The van der Waals surface area contributed by atoms with Gasteiger partial charge in [0, 0.05) is 29.6 Å². The van der Waals surface area contributed by atoms with Crippen LogP contribution in [0.3, 0.4) is 0 Å². The Morgan fingerprint density at radius 1 is 1.13 bits per heavy atom. The molecule has 2 rings (SSSR count). The van der Waals surface area contributed by atoms with Crippen molar-refractivity contribution in [2.45, 2.75) is 40.0 Å². The fourth-order valence-corrected chi connectivity index (χ4v) is 1.77. The second kappa shape index (κ2) is 3.76. The first-order valence-corrected chi connectivity index (χ1v) is 5.64. The molecular weight excluding hydrogens is 184 g/mol. The average molecular weight is 202 g/mol. The molecule has 0 amide bonds. The second-order valence-corrected chi connectivity index (χ2v) is 4.83. The smallest absolute Gasteiger partial charge is 0.0698 e. The van der Waals surface area contributed by atoms with E-state index in [-0.39, 0.29) is 0 Å². The number of rotatable bonds is 2. The number of aliphatic imine (C=N–C) groups is 1. The van der Waals surface area contributed by atoms with E-state index in [1.54, 1.807) is 0 Å². The minimum atomic E-state index is 0.480. The maximum absolute atomic E-state index is 4.67. The van der Waals surface area contributed by atoms with Crippen molar-refractivity contribution in [3.05, 3.63) is 23.5 Å². The van der Waals surface area contributed by atoms with Crippen LogP contribution < -0.4 is 0 Å². The first-order chi connectivity index (χ1) is 7.08. The minimum absolute atomic E-state index is 0.480. The van der Waals surface area contributed by atoms with Crippen LogP contribution in [0, 0.1) is 5.92 Å². The zero-order valence-corrected chi connectivity index (χ0v) is 9.91. The van der Waals surface area contributed by atoms with E-state index in [4.69, 9.17) is 0 Å².